The second-order valence-electron chi connectivity index (χ2n) is 8.06. The highest BCUT2D eigenvalue weighted by atomic mass is 16.3. The van der Waals surface area contributed by atoms with Crippen LogP contribution in [0.1, 0.15) is 33.8 Å². The summed E-state index contributed by atoms with van der Waals surface area (Å²) in [6.07, 6.45) is 3.40. The van der Waals surface area contributed by atoms with Gasteiger partial charge >= 0.3 is 0 Å². The fraction of sp³-hybridized carbons (Fsp3) is 0.280. The van der Waals surface area contributed by atoms with Crippen molar-refractivity contribution in [2.45, 2.75) is 39.6 Å². The summed E-state index contributed by atoms with van der Waals surface area (Å²) in [5, 5.41) is 1.79. The zero-order valence-electron chi connectivity index (χ0n) is 19.6. The number of imidazole rings is 1. The van der Waals surface area contributed by atoms with Crippen molar-refractivity contribution in [2.24, 2.45) is 7.05 Å². The molecule has 0 unspecified atom stereocenters. The number of para-hydroxylation sites is 1. The predicted molar refractivity (Wildman–Crippen MR) is 116 cm³/mol. The molecule has 0 fully saturated rings. The molecule has 0 aliphatic carbocycles. The highest BCUT2D eigenvalue weighted by molar-refractivity contribution is 6.08. The van der Waals surface area contributed by atoms with Gasteiger partial charge in [0.15, 0.2) is 16.6 Å². The van der Waals surface area contributed by atoms with Crippen molar-refractivity contribution >= 4 is 33.1 Å². The fourth-order valence-electron chi connectivity index (χ4n) is 4.97. The van der Waals surface area contributed by atoms with Gasteiger partial charge in [-0.25, -0.2) is 14.1 Å². The Labute approximate surface area is 173 Å². The Morgan fingerprint density at radius 1 is 1.10 bits per heavy atom. The van der Waals surface area contributed by atoms with Crippen LogP contribution in [0, 0.1) is 13.8 Å². The number of aromatic nitrogens is 3. The van der Waals surface area contributed by atoms with Gasteiger partial charge in [-0.2, -0.15) is 0 Å². The van der Waals surface area contributed by atoms with Crippen LogP contribution < -0.4 is 4.57 Å². The number of pyridine rings is 1. The largest absolute Gasteiger partial charge is 0.437 e. The minimum Gasteiger partial charge on any atom is -0.437 e. The first-order valence-corrected chi connectivity index (χ1v) is 10.2. The minimum atomic E-state index is -2.27. The maximum atomic E-state index is 7.71. The molecule has 4 heterocycles. The number of aryl methyl sites for hydroxylation is 5. The molecule has 6 rings (SSSR count). The van der Waals surface area contributed by atoms with E-state index in [9.17, 15) is 0 Å². The number of fused-ring (bicyclic) bond motifs is 3. The smallest absolute Gasteiger partial charge is 0.293 e. The maximum Gasteiger partial charge on any atom is 0.293 e. The molecule has 1 aliphatic heterocycles. The fourth-order valence-corrected chi connectivity index (χ4v) is 4.97. The van der Waals surface area contributed by atoms with Crippen molar-refractivity contribution in [3.8, 4) is 11.4 Å². The van der Waals surface area contributed by atoms with E-state index in [-0.39, 0.29) is 5.69 Å². The van der Waals surface area contributed by atoms with Crippen LogP contribution in [0.5, 0.6) is 0 Å². The van der Waals surface area contributed by atoms with Crippen LogP contribution in [0.4, 0.5) is 0 Å². The Morgan fingerprint density at radius 2 is 2.00 bits per heavy atom. The van der Waals surface area contributed by atoms with E-state index in [1.54, 1.807) is 6.07 Å². The van der Waals surface area contributed by atoms with E-state index in [2.05, 4.69) is 52.4 Å². The summed E-state index contributed by atoms with van der Waals surface area (Å²) in [6.45, 7) is 0.795. The van der Waals surface area contributed by atoms with Crippen molar-refractivity contribution in [1.82, 2.24) is 9.55 Å². The van der Waals surface area contributed by atoms with Gasteiger partial charge in [-0.15, -0.1) is 0 Å². The summed E-state index contributed by atoms with van der Waals surface area (Å²) in [4.78, 5) is 4.35. The van der Waals surface area contributed by atoms with E-state index in [0.717, 1.165) is 52.7 Å². The summed E-state index contributed by atoms with van der Waals surface area (Å²) < 4.78 is 34.1. The van der Waals surface area contributed by atoms with Crippen molar-refractivity contribution in [3.05, 3.63) is 59.3 Å². The average molecular weight is 386 g/mol. The Balaban J connectivity index is 1.71. The summed E-state index contributed by atoms with van der Waals surface area (Å²) in [5.41, 5.74) is 7.26. The van der Waals surface area contributed by atoms with Gasteiger partial charge in [0.1, 0.15) is 5.56 Å². The highest BCUT2D eigenvalue weighted by Crippen LogP contribution is 2.38. The predicted octanol–water partition coefficient (Wildman–Crippen LogP) is 5.38. The van der Waals surface area contributed by atoms with Crippen molar-refractivity contribution < 1.29 is 13.1 Å². The molecule has 2 aromatic carbocycles. The van der Waals surface area contributed by atoms with Crippen molar-refractivity contribution in [2.75, 3.05) is 0 Å². The number of benzene rings is 2. The molecule has 0 spiro atoms. The van der Waals surface area contributed by atoms with Crippen LogP contribution in [-0.4, -0.2) is 9.55 Å². The first kappa shape index (κ1) is 13.9. The summed E-state index contributed by atoms with van der Waals surface area (Å²) in [6, 6.07) is 14.1. The second kappa shape index (κ2) is 5.93. The molecule has 29 heavy (non-hydrogen) atoms. The van der Waals surface area contributed by atoms with Gasteiger partial charge in [-0.3, -0.25) is 0 Å². The van der Waals surface area contributed by atoms with Crippen LogP contribution in [0.3, 0.4) is 0 Å². The lowest BCUT2D eigenvalue weighted by Crippen LogP contribution is -2.35. The van der Waals surface area contributed by atoms with Gasteiger partial charge < -0.3 is 4.42 Å². The van der Waals surface area contributed by atoms with Crippen LogP contribution in [-0.2, 0) is 20.0 Å². The standard InChI is InChI=1S/C25H24N3O/c1-15-10-12-18-19-13-11-16(2)26-24(19)29-23(18)21(15)25-27(3)20-9-6-8-17-7-4-5-14-28(25)22(17)20/h6,8-13H,4-5,7,14H2,1-3H3/q+1/i2D3. The highest BCUT2D eigenvalue weighted by Gasteiger charge is 2.31. The zero-order valence-corrected chi connectivity index (χ0v) is 16.6. The summed E-state index contributed by atoms with van der Waals surface area (Å²) >= 11 is 0. The molecule has 0 radical (unpaired) electrons. The first-order valence-electron chi connectivity index (χ1n) is 11.7. The van der Waals surface area contributed by atoms with E-state index in [4.69, 9.17) is 8.53 Å². The number of rotatable bonds is 1. The van der Waals surface area contributed by atoms with Gasteiger partial charge in [-0.1, -0.05) is 24.3 Å². The molecular formula is C25H24N3O+. The molecule has 3 aromatic heterocycles. The molecule has 4 heteroatoms. The normalized spacial score (nSPS) is 16.1. The minimum absolute atomic E-state index is 0.0533. The number of furan rings is 1. The SMILES string of the molecule is [2H]C([2H])([2H])c1ccc2c(n1)oc1c(-c3n(C)c4cccc5c4[n+]3CCCC5)c(C)ccc12. The van der Waals surface area contributed by atoms with Crippen LogP contribution in [0.2, 0.25) is 0 Å². The van der Waals surface area contributed by atoms with Crippen LogP contribution in [0.25, 0.3) is 44.5 Å². The maximum absolute atomic E-state index is 7.71. The monoisotopic (exact) mass is 385 g/mol. The molecule has 0 saturated carbocycles. The Hall–Kier alpha value is -3.14. The Kier molecular flexibility index (Phi) is 2.85. The molecule has 0 saturated heterocycles. The third-order valence-corrected chi connectivity index (χ3v) is 6.32. The molecular weight excluding hydrogens is 358 g/mol. The van der Waals surface area contributed by atoms with Gasteiger partial charge in [0.05, 0.1) is 13.6 Å². The zero-order chi connectivity index (χ0) is 22.2. The van der Waals surface area contributed by atoms with Crippen LogP contribution in [0.15, 0.2) is 46.9 Å². The topological polar surface area (TPSA) is 34.8 Å². The van der Waals surface area contributed by atoms with E-state index < -0.39 is 6.85 Å². The van der Waals surface area contributed by atoms with E-state index >= 15 is 0 Å². The average Bonchev–Trinajstić information content (AvgIpc) is 3.16. The van der Waals surface area contributed by atoms with Crippen molar-refractivity contribution in [3.63, 3.8) is 0 Å². The molecule has 1 aliphatic rings. The molecule has 144 valence electrons. The van der Waals surface area contributed by atoms with Gasteiger partial charge in [-0.05, 0) is 56.8 Å². The van der Waals surface area contributed by atoms with Crippen LogP contribution >= 0.6 is 0 Å². The molecule has 0 atom stereocenters. The van der Waals surface area contributed by atoms with Gasteiger partial charge in [0, 0.05) is 26.1 Å². The number of hydrogen-bond donors (Lipinski definition) is 0. The van der Waals surface area contributed by atoms with Gasteiger partial charge in [0.2, 0.25) is 5.71 Å². The molecule has 4 nitrogen and oxygen atoms in total. The Morgan fingerprint density at radius 3 is 2.90 bits per heavy atom. The number of hydrogen-bond acceptors (Lipinski definition) is 2. The quantitative estimate of drug-likeness (QED) is 0.363. The van der Waals surface area contributed by atoms with Crippen molar-refractivity contribution in [1.29, 1.82) is 0 Å². The lowest BCUT2D eigenvalue weighted by atomic mass is 10.0. The third kappa shape index (κ3) is 2.26. The molecule has 0 bridgehead atoms. The summed E-state index contributed by atoms with van der Waals surface area (Å²) in [7, 11) is 2.12. The third-order valence-electron chi connectivity index (χ3n) is 6.32. The van der Waals surface area contributed by atoms with E-state index in [1.165, 1.54) is 23.0 Å². The van der Waals surface area contributed by atoms with E-state index in [1.807, 2.05) is 12.1 Å². The van der Waals surface area contributed by atoms with E-state index in [0.29, 0.717) is 5.71 Å². The second-order valence-corrected chi connectivity index (χ2v) is 8.06. The number of nitrogens with zero attached hydrogens (tertiary/aromatic N) is 3. The Bertz CT molecular complexity index is 1540. The lowest BCUT2D eigenvalue weighted by molar-refractivity contribution is -0.660. The lowest BCUT2D eigenvalue weighted by Gasteiger charge is -2.06. The molecule has 5 aromatic rings. The molecule has 0 N–H and O–H groups in total. The van der Waals surface area contributed by atoms with Gasteiger partial charge in [0.25, 0.3) is 5.82 Å². The summed E-state index contributed by atoms with van der Waals surface area (Å²) in [5.74, 6) is 1.12. The first-order chi connectivity index (χ1) is 15.3. The molecule has 0 amide bonds.